The van der Waals surface area contributed by atoms with Crippen LogP contribution in [0.15, 0.2) is 29.2 Å². The number of aliphatic hydroxyl groups is 1. The fourth-order valence-electron chi connectivity index (χ4n) is 2.22. The van der Waals surface area contributed by atoms with E-state index in [1.165, 1.54) is 17.7 Å². The van der Waals surface area contributed by atoms with Gasteiger partial charge in [0.05, 0.1) is 6.10 Å². The Labute approximate surface area is 106 Å². The second-order valence-corrected chi connectivity index (χ2v) is 6.06. The maximum absolute atomic E-state index is 10.1. The molecule has 2 nitrogen and oxygen atoms in total. The summed E-state index contributed by atoms with van der Waals surface area (Å²) in [6, 6.07) is 8.08. The molecule has 17 heavy (non-hydrogen) atoms. The van der Waals surface area contributed by atoms with E-state index in [-0.39, 0.29) is 12.2 Å². The molecule has 1 fully saturated rings. The fraction of sp³-hybridized carbons (Fsp3) is 0.571. The van der Waals surface area contributed by atoms with Crippen LogP contribution in [0.5, 0.6) is 5.75 Å². The number of rotatable bonds is 4. The first-order valence-corrected chi connectivity index (χ1v) is 7.38. The molecule has 0 bridgehead atoms. The Hall–Kier alpha value is -0.670. The monoisotopic (exact) mass is 250 g/mol. The van der Waals surface area contributed by atoms with Crippen molar-refractivity contribution >= 4 is 11.8 Å². The quantitative estimate of drug-likeness (QED) is 0.890. The zero-order valence-electron chi connectivity index (χ0n) is 9.84. The third-order valence-corrected chi connectivity index (χ3v) is 4.67. The van der Waals surface area contributed by atoms with E-state index < -0.39 is 0 Å². The molecule has 0 radical (unpaired) electrons. The maximum Gasteiger partial charge on any atom is 0.134 e. The van der Waals surface area contributed by atoms with Gasteiger partial charge in [0.2, 0.25) is 0 Å². The number of hydrogen-bond donors (Lipinski definition) is 1. The lowest BCUT2D eigenvalue weighted by molar-refractivity contribution is 0.0386. The van der Waals surface area contributed by atoms with E-state index in [1.54, 1.807) is 11.8 Å². The van der Waals surface area contributed by atoms with Crippen LogP contribution < -0.4 is 4.74 Å². The van der Waals surface area contributed by atoms with Crippen LogP contribution in [-0.4, -0.2) is 23.1 Å². The molecule has 2 aliphatic rings. The SMILES string of the molecule is OC(CCC1CC1)C1CSc2ccccc2O1. The standard InChI is InChI=1S/C14H18O2S/c15-11(8-7-10-5-6-10)13-9-17-14-4-2-1-3-12(14)16-13/h1-4,10-11,13,15H,5-9H2. The molecule has 1 aromatic carbocycles. The maximum atomic E-state index is 10.1. The predicted octanol–water partition coefficient (Wildman–Crippen LogP) is 3.09. The second kappa shape index (κ2) is 4.91. The fourth-order valence-corrected chi connectivity index (χ4v) is 3.29. The Bertz CT molecular complexity index is 390. The molecular formula is C14H18O2S. The number of aliphatic hydroxyl groups excluding tert-OH is 1. The first-order valence-electron chi connectivity index (χ1n) is 6.39. The van der Waals surface area contributed by atoms with Crippen LogP contribution in [-0.2, 0) is 0 Å². The van der Waals surface area contributed by atoms with Gasteiger partial charge < -0.3 is 9.84 Å². The van der Waals surface area contributed by atoms with Crippen molar-refractivity contribution in [2.24, 2.45) is 5.92 Å². The molecule has 0 saturated heterocycles. The van der Waals surface area contributed by atoms with Gasteiger partial charge in [0, 0.05) is 10.6 Å². The van der Waals surface area contributed by atoms with E-state index in [4.69, 9.17) is 4.74 Å². The van der Waals surface area contributed by atoms with Crippen molar-refractivity contribution in [1.29, 1.82) is 0 Å². The Morgan fingerprint density at radius 1 is 1.35 bits per heavy atom. The minimum atomic E-state index is -0.309. The molecule has 1 aliphatic carbocycles. The van der Waals surface area contributed by atoms with Crippen molar-refractivity contribution in [3.05, 3.63) is 24.3 Å². The molecule has 0 spiro atoms. The number of ether oxygens (including phenoxy) is 1. The zero-order chi connectivity index (χ0) is 11.7. The van der Waals surface area contributed by atoms with E-state index in [9.17, 15) is 5.11 Å². The van der Waals surface area contributed by atoms with Crippen LogP contribution in [0, 0.1) is 5.92 Å². The average molecular weight is 250 g/mol. The van der Waals surface area contributed by atoms with E-state index in [0.717, 1.165) is 30.3 Å². The third-order valence-electron chi connectivity index (χ3n) is 3.53. The van der Waals surface area contributed by atoms with Gasteiger partial charge in [-0.15, -0.1) is 11.8 Å². The van der Waals surface area contributed by atoms with Crippen LogP contribution >= 0.6 is 11.8 Å². The van der Waals surface area contributed by atoms with E-state index in [0.29, 0.717) is 0 Å². The summed E-state index contributed by atoms with van der Waals surface area (Å²) in [5, 5.41) is 10.1. The van der Waals surface area contributed by atoms with Gasteiger partial charge in [0.1, 0.15) is 11.9 Å². The Morgan fingerprint density at radius 3 is 3.00 bits per heavy atom. The first kappa shape index (κ1) is 11.4. The molecule has 3 rings (SSSR count). The molecule has 1 N–H and O–H groups in total. The molecule has 92 valence electrons. The highest BCUT2D eigenvalue weighted by Gasteiger charge is 2.29. The Kier molecular flexibility index (Phi) is 3.30. The largest absolute Gasteiger partial charge is 0.486 e. The zero-order valence-corrected chi connectivity index (χ0v) is 10.7. The minimum absolute atomic E-state index is 0.0337. The van der Waals surface area contributed by atoms with E-state index in [2.05, 4.69) is 6.07 Å². The van der Waals surface area contributed by atoms with E-state index in [1.807, 2.05) is 18.2 Å². The van der Waals surface area contributed by atoms with Crippen molar-refractivity contribution < 1.29 is 9.84 Å². The summed E-state index contributed by atoms with van der Waals surface area (Å²) in [7, 11) is 0. The van der Waals surface area contributed by atoms with Crippen LogP contribution in [0.25, 0.3) is 0 Å². The van der Waals surface area contributed by atoms with Crippen LogP contribution in [0.2, 0.25) is 0 Å². The third kappa shape index (κ3) is 2.78. The van der Waals surface area contributed by atoms with Crippen molar-refractivity contribution in [1.82, 2.24) is 0 Å². The van der Waals surface area contributed by atoms with Gasteiger partial charge in [0.25, 0.3) is 0 Å². The summed E-state index contributed by atoms with van der Waals surface area (Å²) in [5.74, 6) is 2.68. The van der Waals surface area contributed by atoms with Crippen LogP contribution in [0.3, 0.4) is 0 Å². The number of para-hydroxylation sites is 1. The number of fused-ring (bicyclic) bond motifs is 1. The van der Waals surface area contributed by atoms with Crippen LogP contribution in [0.1, 0.15) is 25.7 Å². The van der Waals surface area contributed by atoms with Crippen molar-refractivity contribution in [3.63, 3.8) is 0 Å². The highest BCUT2D eigenvalue weighted by atomic mass is 32.2. The Morgan fingerprint density at radius 2 is 2.18 bits per heavy atom. The molecule has 1 heterocycles. The second-order valence-electron chi connectivity index (χ2n) is 5.00. The van der Waals surface area contributed by atoms with Crippen LogP contribution in [0.4, 0.5) is 0 Å². The Balaban J connectivity index is 1.58. The lowest BCUT2D eigenvalue weighted by atomic mass is 10.1. The molecule has 1 saturated carbocycles. The minimum Gasteiger partial charge on any atom is -0.486 e. The first-order chi connectivity index (χ1) is 8.33. The average Bonchev–Trinajstić information content (AvgIpc) is 3.19. The molecule has 2 atom stereocenters. The summed E-state index contributed by atoms with van der Waals surface area (Å²) in [5.41, 5.74) is 0. The molecule has 1 aliphatic heterocycles. The van der Waals surface area contributed by atoms with Gasteiger partial charge in [-0.3, -0.25) is 0 Å². The van der Waals surface area contributed by atoms with Crippen molar-refractivity contribution in [2.75, 3.05) is 5.75 Å². The topological polar surface area (TPSA) is 29.5 Å². The molecule has 1 aromatic rings. The summed E-state index contributed by atoms with van der Waals surface area (Å²) in [6.07, 6.45) is 4.42. The highest BCUT2D eigenvalue weighted by Crippen LogP contribution is 2.38. The molecule has 2 unspecified atom stereocenters. The van der Waals surface area contributed by atoms with Crippen molar-refractivity contribution in [3.8, 4) is 5.75 Å². The van der Waals surface area contributed by atoms with Gasteiger partial charge in [-0.05, 0) is 30.9 Å². The molecular weight excluding hydrogens is 232 g/mol. The van der Waals surface area contributed by atoms with Gasteiger partial charge in [-0.2, -0.15) is 0 Å². The molecule has 0 amide bonds. The summed E-state index contributed by atoms with van der Waals surface area (Å²) < 4.78 is 5.88. The number of hydrogen-bond acceptors (Lipinski definition) is 3. The predicted molar refractivity (Wildman–Crippen MR) is 69.5 cm³/mol. The normalized spacial score (nSPS) is 24.9. The summed E-state index contributed by atoms with van der Waals surface area (Å²) in [4.78, 5) is 1.19. The van der Waals surface area contributed by atoms with Gasteiger partial charge >= 0.3 is 0 Å². The molecule has 0 aromatic heterocycles. The molecule has 3 heteroatoms. The van der Waals surface area contributed by atoms with Gasteiger partial charge in [0.15, 0.2) is 0 Å². The van der Waals surface area contributed by atoms with E-state index >= 15 is 0 Å². The van der Waals surface area contributed by atoms with Gasteiger partial charge in [-0.1, -0.05) is 25.0 Å². The number of benzene rings is 1. The lowest BCUT2D eigenvalue weighted by Crippen LogP contribution is -2.36. The van der Waals surface area contributed by atoms with Crippen molar-refractivity contribution in [2.45, 2.75) is 42.8 Å². The number of thioether (sulfide) groups is 1. The summed E-state index contributed by atoms with van der Waals surface area (Å²) >= 11 is 1.79. The summed E-state index contributed by atoms with van der Waals surface area (Å²) in [6.45, 7) is 0. The highest BCUT2D eigenvalue weighted by molar-refractivity contribution is 7.99. The lowest BCUT2D eigenvalue weighted by Gasteiger charge is -2.29. The smallest absolute Gasteiger partial charge is 0.134 e. The van der Waals surface area contributed by atoms with Gasteiger partial charge in [-0.25, -0.2) is 0 Å².